The summed E-state index contributed by atoms with van der Waals surface area (Å²) < 4.78 is 0. The van der Waals surface area contributed by atoms with Crippen LogP contribution >= 0.6 is 0 Å². The van der Waals surface area contributed by atoms with Gasteiger partial charge in [-0.25, -0.2) is 0 Å². The molecular weight excluding hydrogens is 480 g/mol. The Hall–Kier alpha value is -3.90. The Morgan fingerprint density at radius 3 is 2.05 bits per heavy atom. The normalized spacial score (nSPS) is 15.7. The molecule has 7 rings (SSSR count). The van der Waals surface area contributed by atoms with Crippen molar-refractivity contribution in [3.8, 4) is 11.1 Å². The summed E-state index contributed by atoms with van der Waals surface area (Å²) >= 11 is 0. The molecule has 40 heavy (non-hydrogen) atoms. The van der Waals surface area contributed by atoms with E-state index in [9.17, 15) is 0 Å². The highest BCUT2D eigenvalue weighted by molar-refractivity contribution is 6.23. The van der Waals surface area contributed by atoms with Crippen LogP contribution in [0.5, 0.6) is 0 Å². The lowest BCUT2D eigenvalue weighted by atomic mass is 9.69. The second-order valence-electron chi connectivity index (χ2n) is 12.3. The van der Waals surface area contributed by atoms with Crippen molar-refractivity contribution < 1.29 is 0 Å². The molecule has 1 aliphatic carbocycles. The van der Waals surface area contributed by atoms with E-state index in [1.54, 1.807) is 0 Å². The topological polar surface area (TPSA) is 0 Å². The maximum atomic E-state index is 2.54. The molecule has 6 aromatic carbocycles. The van der Waals surface area contributed by atoms with Crippen molar-refractivity contribution in [2.45, 2.75) is 64.7 Å². The number of aryl methyl sites for hydroxylation is 1. The van der Waals surface area contributed by atoms with Gasteiger partial charge in [-0.05, 0) is 91.0 Å². The fraction of sp³-hybridized carbons (Fsp3) is 0.250. The number of benzene rings is 6. The van der Waals surface area contributed by atoms with Crippen LogP contribution < -0.4 is 0 Å². The van der Waals surface area contributed by atoms with Gasteiger partial charge >= 0.3 is 0 Å². The maximum Gasteiger partial charge on any atom is 0.0385 e. The third-order valence-electron chi connectivity index (χ3n) is 9.81. The van der Waals surface area contributed by atoms with Gasteiger partial charge in [-0.15, -0.1) is 0 Å². The summed E-state index contributed by atoms with van der Waals surface area (Å²) in [5.41, 5.74) is 9.72. The quantitative estimate of drug-likeness (QED) is 0.152. The maximum absolute atomic E-state index is 2.54. The fourth-order valence-electron chi connectivity index (χ4n) is 7.77. The second kappa shape index (κ2) is 9.07. The molecule has 0 amide bonds. The predicted molar refractivity (Wildman–Crippen MR) is 174 cm³/mol. The largest absolute Gasteiger partial charge is 0.0904 e. The molecule has 0 nitrogen and oxygen atoms in total. The Morgan fingerprint density at radius 1 is 0.700 bits per heavy atom. The molecule has 1 unspecified atom stereocenters. The third-order valence-corrected chi connectivity index (χ3v) is 9.81. The van der Waals surface area contributed by atoms with Gasteiger partial charge in [0.2, 0.25) is 0 Å². The summed E-state index contributed by atoms with van der Waals surface area (Å²) in [5.74, 6) is 0. The first-order valence-corrected chi connectivity index (χ1v) is 15.0. The van der Waals surface area contributed by atoms with Crippen molar-refractivity contribution in [2.24, 2.45) is 0 Å². The van der Waals surface area contributed by atoms with Gasteiger partial charge in [-0.1, -0.05) is 137 Å². The lowest BCUT2D eigenvalue weighted by Crippen LogP contribution is -2.26. The Kier molecular flexibility index (Phi) is 5.69. The van der Waals surface area contributed by atoms with Crippen LogP contribution in [-0.2, 0) is 17.3 Å². The zero-order chi connectivity index (χ0) is 27.6. The smallest absolute Gasteiger partial charge is 0.0385 e. The van der Waals surface area contributed by atoms with E-state index < -0.39 is 0 Å². The summed E-state index contributed by atoms with van der Waals surface area (Å²) in [6.45, 7) is 11.6. The molecular formula is C40H38. The van der Waals surface area contributed by atoms with Crippen LogP contribution in [0, 0.1) is 0 Å². The standard InChI is InChI=1S/C40H38/c1-6-10-26-13-19-31-32-21-18-30(25-36(32)39(4,5)35(31)24-26)40(8-3,23-7-2)34-22-17-29-15-14-27-11-9-12-28-16-20-33(34)38(29)37(27)28/h7,9,11-25H,6,8,10H2,1-5H3/b23-7-. The van der Waals surface area contributed by atoms with E-state index in [1.807, 2.05) is 0 Å². The summed E-state index contributed by atoms with van der Waals surface area (Å²) in [4.78, 5) is 0. The molecule has 0 saturated carbocycles. The molecule has 198 valence electrons. The van der Waals surface area contributed by atoms with E-state index in [1.165, 1.54) is 77.7 Å². The molecule has 0 bridgehead atoms. The summed E-state index contributed by atoms with van der Waals surface area (Å²) in [7, 11) is 0. The van der Waals surface area contributed by atoms with Gasteiger partial charge < -0.3 is 0 Å². The number of hydrogen-bond acceptors (Lipinski definition) is 0. The minimum atomic E-state index is -0.218. The minimum absolute atomic E-state index is 0.0253. The molecule has 0 N–H and O–H groups in total. The molecule has 0 spiro atoms. The van der Waals surface area contributed by atoms with Gasteiger partial charge in [0, 0.05) is 10.8 Å². The number of allylic oxidation sites excluding steroid dienone is 2. The molecule has 1 atom stereocenters. The van der Waals surface area contributed by atoms with E-state index in [0.29, 0.717) is 0 Å². The zero-order valence-corrected chi connectivity index (χ0v) is 24.4. The van der Waals surface area contributed by atoms with Crippen molar-refractivity contribution in [2.75, 3.05) is 0 Å². The van der Waals surface area contributed by atoms with Crippen LogP contribution in [0.3, 0.4) is 0 Å². The summed E-state index contributed by atoms with van der Waals surface area (Å²) in [6.07, 6.45) is 8.02. The van der Waals surface area contributed by atoms with Gasteiger partial charge in [-0.3, -0.25) is 0 Å². The van der Waals surface area contributed by atoms with E-state index in [4.69, 9.17) is 0 Å². The molecule has 0 aromatic heterocycles. The lowest BCUT2D eigenvalue weighted by molar-refractivity contribution is 0.613. The highest BCUT2D eigenvalue weighted by Gasteiger charge is 2.38. The first-order valence-electron chi connectivity index (χ1n) is 15.0. The Bertz CT molecular complexity index is 1920. The van der Waals surface area contributed by atoms with Crippen LogP contribution in [-0.4, -0.2) is 0 Å². The van der Waals surface area contributed by atoms with Crippen molar-refractivity contribution in [3.63, 3.8) is 0 Å². The fourth-order valence-corrected chi connectivity index (χ4v) is 7.77. The van der Waals surface area contributed by atoms with Crippen molar-refractivity contribution in [1.82, 2.24) is 0 Å². The molecule has 0 aliphatic heterocycles. The molecule has 1 aliphatic rings. The molecule has 0 saturated heterocycles. The van der Waals surface area contributed by atoms with Crippen LogP contribution in [0.2, 0.25) is 0 Å². The molecule has 0 heterocycles. The van der Waals surface area contributed by atoms with Gasteiger partial charge in [-0.2, -0.15) is 0 Å². The van der Waals surface area contributed by atoms with Crippen molar-refractivity contribution >= 4 is 32.3 Å². The lowest BCUT2D eigenvalue weighted by Gasteiger charge is -2.34. The van der Waals surface area contributed by atoms with E-state index in [0.717, 1.165) is 12.8 Å². The van der Waals surface area contributed by atoms with E-state index >= 15 is 0 Å². The van der Waals surface area contributed by atoms with Crippen molar-refractivity contribution in [3.05, 3.63) is 131 Å². The van der Waals surface area contributed by atoms with Crippen molar-refractivity contribution in [1.29, 1.82) is 0 Å². The highest BCUT2D eigenvalue weighted by atomic mass is 14.4. The molecule has 6 aromatic rings. The van der Waals surface area contributed by atoms with E-state index in [2.05, 4.69) is 138 Å². The number of rotatable bonds is 6. The summed E-state index contributed by atoms with van der Waals surface area (Å²) in [5, 5.41) is 8.11. The first kappa shape index (κ1) is 25.1. The highest BCUT2D eigenvalue weighted by Crippen LogP contribution is 2.52. The van der Waals surface area contributed by atoms with Crippen LogP contribution in [0.25, 0.3) is 43.4 Å². The summed E-state index contributed by atoms with van der Waals surface area (Å²) in [6, 6.07) is 35.2. The number of hydrogen-bond donors (Lipinski definition) is 0. The van der Waals surface area contributed by atoms with Gasteiger partial charge in [0.25, 0.3) is 0 Å². The second-order valence-corrected chi connectivity index (χ2v) is 12.3. The Morgan fingerprint density at radius 2 is 1.35 bits per heavy atom. The van der Waals surface area contributed by atoms with E-state index in [-0.39, 0.29) is 10.8 Å². The van der Waals surface area contributed by atoms with Gasteiger partial charge in [0.1, 0.15) is 0 Å². The average molecular weight is 519 g/mol. The molecule has 0 fully saturated rings. The zero-order valence-electron chi connectivity index (χ0n) is 24.4. The average Bonchev–Trinajstić information content (AvgIpc) is 3.20. The molecule has 0 radical (unpaired) electrons. The predicted octanol–water partition coefficient (Wildman–Crippen LogP) is 11.1. The van der Waals surface area contributed by atoms with Crippen LogP contribution in [0.15, 0.2) is 103 Å². The monoisotopic (exact) mass is 518 g/mol. The number of fused-ring (bicyclic) bond motifs is 3. The van der Waals surface area contributed by atoms with Gasteiger partial charge in [0.05, 0.1) is 0 Å². The SMILES string of the molecule is C/C=C\C(CC)(c1ccc2c(c1)C(C)(C)c1cc(CCC)ccc1-2)c1ccc2ccc3cccc4ccc1c2c34. The molecule has 0 heteroatoms. The van der Waals surface area contributed by atoms with Crippen LogP contribution in [0.1, 0.15) is 75.3 Å². The third kappa shape index (κ3) is 3.38. The first-order chi connectivity index (χ1) is 19.4. The van der Waals surface area contributed by atoms with Crippen LogP contribution in [0.4, 0.5) is 0 Å². The minimum Gasteiger partial charge on any atom is -0.0904 e. The Labute approximate surface area is 238 Å². The van der Waals surface area contributed by atoms with Gasteiger partial charge in [0.15, 0.2) is 0 Å². The Balaban J connectivity index is 1.47.